The molecular weight excluding hydrogens is 386 g/mol. The second-order valence-electron chi connectivity index (χ2n) is 8.06. The van der Waals surface area contributed by atoms with Crippen LogP contribution in [-0.2, 0) is 4.79 Å². The van der Waals surface area contributed by atoms with Gasteiger partial charge in [-0.15, -0.1) is 0 Å². The number of aryl methyl sites for hydroxylation is 3. The maximum absolute atomic E-state index is 12.8. The van der Waals surface area contributed by atoms with Crippen molar-refractivity contribution in [3.63, 3.8) is 0 Å². The molecule has 6 heteroatoms. The lowest BCUT2D eigenvalue weighted by Gasteiger charge is -2.25. The molecule has 0 saturated heterocycles. The van der Waals surface area contributed by atoms with Crippen LogP contribution >= 0.6 is 0 Å². The first-order chi connectivity index (χ1) is 15.0. The van der Waals surface area contributed by atoms with Crippen molar-refractivity contribution in [2.24, 2.45) is 0 Å². The molecule has 4 aromatic rings. The molecule has 1 N–H and O–H groups in total. The molecule has 3 heterocycles. The summed E-state index contributed by atoms with van der Waals surface area (Å²) < 4.78 is 1.68. The fourth-order valence-corrected chi connectivity index (χ4v) is 4.28. The minimum Gasteiger partial charge on any atom is -0.310 e. The average Bonchev–Trinajstić information content (AvgIpc) is 3.12. The smallest absolute Gasteiger partial charge is 0.252 e. The van der Waals surface area contributed by atoms with Crippen molar-refractivity contribution in [3.8, 4) is 17.2 Å². The largest absolute Gasteiger partial charge is 0.310 e. The minimum absolute atomic E-state index is 0.0378. The zero-order valence-corrected chi connectivity index (χ0v) is 17.8. The van der Waals surface area contributed by atoms with E-state index in [0.717, 1.165) is 39.3 Å². The summed E-state index contributed by atoms with van der Waals surface area (Å²) in [5.41, 5.74) is 6.81. The van der Waals surface area contributed by atoms with Crippen LogP contribution in [0.2, 0.25) is 0 Å². The van der Waals surface area contributed by atoms with E-state index in [4.69, 9.17) is 5.10 Å². The van der Waals surface area contributed by atoms with Crippen LogP contribution in [0.15, 0.2) is 60.7 Å². The van der Waals surface area contributed by atoms with Gasteiger partial charge in [0.15, 0.2) is 0 Å². The van der Waals surface area contributed by atoms with E-state index in [2.05, 4.69) is 40.4 Å². The quantitative estimate of drug-likeness (QED) is 0.531. The summed E-state index contributed by atoms with van der Waals surface area (Å²) in [5.74, 6) is 0.968. The van der Waals surface area contributed by atoms with Gasteiger partial charge in [-0.05, 0) is 32.4 Å². The fraction of sp³-hybridized carbons (Fsp3) is 0.200. The Morgan fingerprint density at radius 2 is 1.68 bits per heavy atom. The van der Waals surface area contributed by atoms with Crippen LogP contribution in [0.5, 0.6) is 0 Å². The molecule has 154 valence electrons. The predicted molar refractivity (Wildman–Crippen MR) is 120 cm³/mol. The van der Waals surface area contributed by atoms with E-state index >= 15 is 0 Å². The van der Waals surface area contributed by atoms with E-state index in [0.29, 0.717) is 18.2 Å². The van der Waals surface area contributed by atoms with Gasteiger partial charge >= 0.3 is 0 Å². The molecule has 0 aliphatic carbocycles. The zero-order chi connectivity index (χ0) is 21.5. The van der Waals surface area contributed by atoms with Crippen molar-refractivity contribution >= 4 is 11.7 Å². The topological polar surface area (TPSA) is 72.7 Å². The molecule has 1 aliphatic heterocycles. The van der Waals surface area contributed by atoms with Gasteiger partial charge in [0.25, 0.3) is 5.95 Å². The minimum atomic E-state index is -0.0986. The third-order valence-corrected chi connectivity index (χ3v) is 5.57. The third-order valence-electron chi connectivity index (χ3n) is 5.57. The van der Waals surface area contributed by atoms with Crippen LogP contribution in [0.25, 0.3) is 17.2 Å². The Kier molecular flexibility index (Phi) is 4.62. The van der Waals surface area contributed by atoms with E-state index in [1.165, 1.54) is 0 Å². The van der Waals surface area contributed by atoms with Crippen LogP contribution < -0.4 is 5.32 Å². The number of nitrogens with one attached hydrogen (secondary N) is 1. The van der Waals surface area contributed by atoms with Gasteiger partial charge in [0.05, 0.1) is 5.69 Å². The molecule has 31 heavy (non-hydrogen) atoms. The monoisotopic (exact) mass is 409 g/mol. The normalized spacial score (nSPS) is 15.5. The molecule has 1 aliphatic rings. The number of amides is 1. The van der Waals surface area contributed by atoms with Gasteiger partial charge in [0, 0.05) is 34.9 Å². The Labute approximate surface area is 181 Å². The number of aromatic nitrogens is 4. The Morgan fingerprint density at radius 3 is 2.39 bits per heavy atom. The van der Waals surface area contributed by atoms with Gasteiger partial charge in [0.1, 0.15) is 5.82 Å². The van der Waals surface area contributed by atoms with Crippen molar-refractivity contribution in [1.82, 2.24) is 19.7 Å². The van der Waals surface area contributed by atoms with Crippen LogP contribution in [0, 0.1) is 20.8 Å². The molecule has 5 rings (SSSR count). The average molecular weight is 409 g/mol. The van der Waals surface area contributed by atoms with Gasteiger partial charge in [0.2, 0.25) is 5.91 Å². The van der Waals surface area contributed by atoms with Crippen LogP contribution in [0.4, 0.5) is 5.82 Å². The molecule has 0 bridgehead atoms. The third kappa shape index (κ3) is 3.50. The van der Waals surface area contributed by atoms with Gasteiger partial charge in [-0.2, -0.15) is 9.78 Å². The summed E-state index contributed by atoms with van der Waals surface area (Å²) in [6.07, 6.45) is 0.371. The zero-order valence-electron chi connectivity index (χ0n) is 17.8. The Bertz CT molecular complexity index is 1270. The highest BCUT2D eigenvalue weighted by Crippen LogP contribution is 2.43. The second kappa shape index (κ2) is 7.47. The van der Waals surface area contributed by atoms with Gasteiger partial charge in [-0.25, -0.2) is 9.97 Å². The molecule has 1 amide bonds. The van der Waals surface area contributed by atoms with Crippen molar-refractivity contribution in [2.45, 2.75) is 33.1 Å². The molecule has 0 radical (unpaired) electrons. The molecule has 0 saturated carbocycles. The first kappa shape index (κ1) is 19.2. The first-order valence-corrected chi connectivity index (χ1v) is 10.4. The van der Waals surface area contributed by atoms with Gasteiger partial charge < -0.3 is 5.32 Å². The number of nitrogens with zero attached hydrogens (tertiary/aromatic N) is 4. The number of carbonyl (C=O) groups excluding carboxylic acids is 1. The summed E-state index contributed by atoms with van der Waals surface area (Å²) in [7, 11) is 0. The van der Waals surface area contributed by atoms with Crippen LogP contribution in [0.3, 0.4) is 0 Å². The molecule has 0 spiro atoms. The number of benzene rings is 2. The first-order valence-electron chi connectivity index (χ1n) is 10.4. The van der Waals surface area contributed by atoms with Crippen molar-refractivity contribution in [1.29, 1.82) is 0 Å². The van der Waals surface area contributed by atoms with Crippen molar-refractivity contribution in [2.75, 3.05) is 5.32 Å². The van der Waals surface area contributed by atoms with Crippen LogP contribution in [0.1, 0.15) is 40.4 Å². The standard InChI is InChI=1S/C25H23N5O/c1-15-8-7-11-19(12-15)20-14-21(31)28-24-22(20)23(18-9-5-4-6-10-18)29-30(24)25-26-16(2)13-17(3)27-25/h4-13,20H,14H2,1-3H3,(H,28,31)/t20-/m1/s1. The van der Waals surface area contributed by atoms with E-state index in [9.17, 15) is 4.79 Å². The lowest BCUT2D eigenvalue weighted by atomic mass is 9.84. The maximum Gasteiger partial charge on any atom is 0.252 e. The molecule has 1 atom stereocenters. The second-order valence-corrected chi connectivity index (χ2v) is 8.06. The van der Waals surface area contributed by atoms with Crippen molar-refractivity contribution < 1.29 is 4.79 Å². The summed E-state index contributed by atoms with van der Waals surface area (Å²) in [5, 5.41) is 7.98. The SMILES string of the molecule is Cc1cccc([C@H]2CC(=O)Nc3c2c(-c2ccccc2)nn3-c2nc(C)cc(C)n2)c1. The Hall–Kier alpha value is -3.80. The summed E-state index contributed by atoms with van der Waals surface area (Å²) in [6.45, 7) is 5.93. The number of hydrogen-bond donors (Lipinski definition) is 1. The van der Waals surface area contributed by atoms with E-state index < -0.39 is 0 Å². The number of anilines is 1. The van der Waals surface area contributed by atoms with Gasteiger partial charge in [-0.3, -0.25) is 4.79 Å². The molecule has 2 aromatic carbocycles. The maximum atomic E-state index is 12.8. The highest BCUT2D eigenvalue weighted by molar-refractivity contribution is 5.96. The molecule has 2 aromatic heterocycles. The molecule has 6 nitrogen and oxygen atoms in total. The highest BCUT2D eigenvalue weighted by Gasteiger charge is 2.35. The lowest BCUT2D eigenvalue weighted by molar-refractivity contribution is -0.116. The van der Waals surface area contributed by atoms with E-state index in [1.807, 2.05) is 56.3 Å². The van der Waals surface area contributed by atoms with E-state index in [-0.39, 0.29) is 11.8 Å². The molecule has 0 unspecified atom stereocenters. The lowest BCUT2D eigenvalue weighted by Crippen LogP contribution is -2.25. The summed E-state index contributed by atoms with van der Waals surface area (Å²) in [6, 6.07) is 20.3. The Balaban J connectivity index is 1.79. The summed E-state index contributed by atoms with van der Waals surface area (Å²) >= 11 is 0. The highest BCUT2D eigenvalue weighted by atomic mass is 16.1. The fourth-order valence-electron chi connectivity index (χ4n) is 4.28. The Morgan fingerprint density at radius 1 is 0.935 bits per heavy atom. The summed E-state index contributed by atoms with van der Waals surface area (Å²) in [4.78, 5) is 22.0. The van der Waals surface area contributed by atoms with Gasteiger partial charge in [-0.1, -0.05) is 60.2 Å². The van der Waals surface area contributed by atoms with Crippen molar-refractivity contribution in [3.05, 3.63) is 88.7 Å². The number of hydrogen-bond acceptors (Lipinski definition) is 4. The van der Waals surface area contributed by atoms with E-state index in [1.54, 1.807) is 4.68 Å². The number of carbonyl (C=O) groups is 1. The molecule has 0 fully saturated rings. The predicted octanol–water partition coefficient (Wildman–Crippen LogP) is 4.73. The number of rotatable bonds is 3. The van der Waals surface area contributed by atoms with Crippen LogP contribution in [-0.4, -0.2) is 25.7 Å². The molecular formula is C25H23N5O. The number of fused-ring (bicyclic) bond motifs is 1.